The van der Waals surface area contributed by atoms with Gasteiger partial charge in [-0.1, -0.05) is 32.9 Å². The number of H-pyrrole nitrogens is 1. The lowest BCUT2D eigenvalue weighted by atomic mass is 9.69. The van der Waals surface area contributed by atoms with Gasteiger partial charge < -0.3 is 20.5 Å². The van der Waals surface area contributed by atoms with Gasteiger partial charge in [-0.25, -0.2) is 0 Å². The molecule has 8 heteroatoms. The van der Waals surface area contributed by atoms with Crippen molar-refractivity contribution >= 4 is 16.6 Å². The maximum atomic E-state index is 14.3. The molecule has 3 aromatic rings. The van der Waals surface area contributed by atoms with Crippen molar-refractivity contribution in [2.45, 2.75) is 56.8 Å². The number of alkyl halides is 3. The number of pyridine rings is 1. The molecule has 0 fully saturated rings. The second kappa shape index (κ2) is 7.55. The van der Waals surface area contributed by atoms with E-state index in [1.807, 2.05) is 13.8 Å². The van der Waals surface area contributed by atoms with Gasteiger partial charge in [0.25, 0.3) is 0 Å². The van der Waals surface area contributed by atoms with Gasteiger partial charge in [-0.3, -0.25) is 4.79 Å². The topological polar surface area (TPSA) is 85.4 Å². The van der Waals surface area contributed by atoms with Crippen molar-refractivity contribution in [3.63, 3.8) is 0 Å². The van der Waals surface area contributed by atoms with E-state index in [1.165, 1.54) is 12.1 Å². The Balaban J connectivity index is 1.95. The molecule has 3 unspecified atom stereocenters. The molecule has 1 aromatic heterocycles. The maximum Gasteiger partial charge on any atom is 0.419 e. The summed E-state index contributed by atoms with van der Waals surface area (Å²) >= 11 is 0. The molecule has 1 aliphatic carbocycles. The van der Waals surface area contributed by atoms with E-state index in [1.54, 1.807) is 37.3 Å². The second-order valence-electron chi connectivity index (χ2n) is 8.89. The summed E-state index contributed by atoms with van der Waals surface area (Å²) in [6, 6.07) is 9.34. The van der Waals surface area contributed by atoms with Crippen LogP contribution in [0.3, 0.4) is 0 Å². The Kier molecular flexibility index (Phi) is 5.24. The summed E-state index contributed by atoms with van der Waals surface area (Å²) in [5, 5.41) is 25.2. The van der Waals surface area contributed by atoms with Crippen molar-refractivity contribution < 1.29 is 23.4 Å². The highest BCUT2D eigenvalue weighted by molar-refractivity contribution is 5.91. The predicted molar refractivity (Wildman–Crippen MR) is 117 cm³/mol. The molecule has 0 saturated heterocycles. The summed E-state index contributed by atoms with van der Waals surface area (Å²) in [6.07, 6.45) is -5.52. The van der Waals surface area contributed by atoms with Gasteiger partial charge in [-0.05, 0) is 53.6 Å². The maximum absolute atomic E-state index is 14.3. The van der Waals surface area contributed by atoms with Gasteiger partial charge in [0.1, 0.15) is 5.75 Å². The first-order valence-electron chi connectivity index (χ1n) is 10.5. The number of hydrogen-bond donors (Lipinski definition) is 4. The average Bonchev–Trinajstić information content (AvgIpc) is 2.69. The lowest BCUT2D eigenvalue weighted by Crippen LogP contribution is -2.55. The highest BCUT2D eigenvalue weighted by Crippen LogP contribution is 2.54. The third-order valence-corrected chi connectivity index (χ3v) is 6.33. The number of aromatic nitrogens is 1. The summed E-state index contributed by atoms with van der Waals surface area (Å²) in [7, 11) is 0. The highest BCUT2D eigenvalue weighted by atomic mass is 19.4. The summed E-state index contributed by atoms with van der Waals surface area (Å²) in [4.78, 5) is 14.3. The number of anilines is 1. The molecule has 1 aliphatic rings. The average molecular weight is 446 g/mol. The Morgan fingerprint density at radius 3 is 2.56 bits per heavy atom. The number of hydrogen-bond acceptors (Lipinski definition) is 4. The fourth-order valence-corrected chi connectivity index (χ4v) is 4.68. The second-order valence-corrected chi connectivity index (χ2v) is 8.89. The van der Waals surface area contributed by atoms with E-state index in [4.69, 9.17) is 0 Å². The molecule has 1 heterocycles. The van der Waals surface area contributed by atoms with Crippen LogP contribution in [0.5, 0.6) is 5.75 Å². The number of nitrogens with one attached hydrogen (secondary N) is 2. The molecule has 0 aliphatic heterocycles. The van der Waals surface area contributed by atoms with E-state index in [9.17, 15) is 28.2 Å². The van der Waals surface area contributed by atoms with E-state index in [-0.39, 0.29) is 22.8 Å². The van der Waals surface area contributed by atoms with E-state index in [2.05, 4.69) is 10.3 Å². The summed E-state index contributed by atoms with van der Waals surface area (Å²) in [5.41, 5.74) is -1.31. The van der Waals surface area contributed by atoms with Gasteiger partial charge in [0.05, 0.1) is 11.6 Å². The number of benzene rings is 2. The van der Waals surface area contributed by atoms with E-state index >= 15 is 0 Å². The fraction of sp³-hybridized carbons (Fsp3) is 0.375. The Morgan fingerprint density at radius 1 is 1.19 bits per heavy atom. The standard InChI is InChI=1S/C24H25F3N2O3/c1-12(2)14-9-16-21(19(30)10-14)13(3)11-23(32,24(25,26)27)22(16)29-18-6-4-5-17-15(18)7-8-20(31)28-17/h4-10,12-13,22,29-30,32H,11H2,1-3H3,(H,28,31). The van der Waals surface area contributed by atoms with Crippen molar-refractivity contribution in [3.8, 4) is 5.75 Å². The number of fused-ring (bicyclic) bond motifs is 2. The van der Waals surface area contributed by atoms with Crippen molar-refractivity contribution in [1.29, 1.82) is 0 Å². The molecular formula is C24H25F3N2O3. The van der Waals surface area contributed by atoms with Crippen molar-refractivity contribution in [1.82, 2.24) is 4.98 Å². The summed E-state index contributed by atoms with van der Waals surface area (Å²) in [6.45, 7) is 5.34. The number of phenolic OH excluding ortho intramolecular Hbond substituents is 1. The molecule has 170 valence electrons. The molecule has 4 N–H and O–H groups in total. The van der Waals surface area contributed by atoms with Gasteiger partial charge in [0, 0.05) is 22.7 Å². The molecule has 0 radical (unpaired) electrons. The molecule has 3 atom stereocenters. The normalized spacial score (nSPS) is 23.4. The largest absolute Gasteiger partial charge is 0.508 e. The van der Waals surface area contributed by atoms with Crippen LogP contribution in [0.15, 0.2) is 47.3 Å². The molecule has 2 aromatic carbocycles. The third kappa shape index (κ3) is 3.52. The van der Waals surface area contributed by atoms with Crippen LogP contribution in [0.2, 0.25) is 0 Å². The Labute approximate surface area is 182 Å². The number of rotatable bonds is 3. The Bertz CT molecular complexity index is 1240. The number of phenols is 1. The van der Waals surface area contributed by atoms with Gasteiger partial charge in [0.2, 0.25) is 5.56 Å². The minimum Gasteiger partial charge on any atom is -0.508 e. The first-order chi connectivity index (χ1) is 14.9. The van der Waals surface area contributed by atoms with Gasteiger partial charge in [0.15, 0.2) is 5.60 Å². The monoisotopic (exact) mass is 446 g/mol. The van der Waals surface area contributed by atoms with Crippen molar-refractivity contribution in [2.24, 2.45) is 0 Å². The quantitative estimate of drug-likeness (QED) is 0.439. The fourth-order valence-electron chi connectivity index (χ4n) is 4.68. The highest BCUT2D eigenvalue weighted by Gasteiger charge is 2.62. The number of halogens is 3. The SMILES string of the molecule is CC(C)c1cc(O)c2c(c1)C(Nc1cccc3[nH]c(=O)ccc13)C(O)(C(F)(F)F)CC2C. The molecular weight excluding hydrogens is 421 g/mol. The van der Waals surface area contributed by atoms with E-state index < -0.39 is 30.2 Å². The van der Waals surface area contributed by atoms with Crippen LogP contribution in [-0.4, -0.2) is 27.0 Å². The Hall–Kier alpha value is -3.00. The molecule has 0 bridgehead atoms. The first kappa shape index (κ1) is 22.2. The zero-order chi connectivity index (χ0) is 23.4. The molecule has 5 nitrogen and oxygen atoms in total. The van der Waals surface area contributed by atoms with Crippen LogP contribution in [0.1, 0.15) is 61.8 Å². The van der Waals surface area contributed by atoms with Crippen molar-refractivity contribution in [3.05, 3.63) is 69.5 Å². The summed E-state index contributed by atoms with van der Waals surface area (Å²) < 4.78 is 42.8. The van der Waals surface area contributed by atoms with Gasteiger partial charge in [-0.2, -0.15) is 13.2 Å². The van der Waals surface area contributed by atoms with Crippen LogP contribution in [0.4, 0.5) is 18.9 Å². The van der Waals surface area contributed by atoms with Gasteiger partial charge in [-0.15, -0.1) is 0 Å². The molecule has 32 heavy (non-hydrogen) atoms. The zero-order valence-corrected chi connectivity index (χ0v) is 17.9. The molecule has 4 rings (SSSR count). The molecule has 0 amide bonds. The van der Waals surface area contributed by atoms with E-state index in [0.29, 0.717) is 27.7 Å². The summed E-state index contributed by atoms with van der Waals surface area (Å²) in [5.74, 6) is -0.817. The lowest BCUT2D eigenvalue weighted by molar-refractivity contribution is -0.272. The van der Waals surface area contributed by atoms with Crippen LogP contribution in [0.25, 0.3) is 10.9 Å². The number of aliphatic hydroxyl groups is 1. The Morgan fingerprint density at radius 2 is 1.91 bits per heavy atom. The smallest absolute Gasteiger partial charge is 0.419 e. The van der Waals surface area contributed by atoms with Crippen molar-refractivity contribution in [2.75, 3.05) is 5.32 Å². The number of aromatic hydroxyl groups is 1. The minimum atomic E-state index is -4.92. The van der Waals surface area contributed by atoms with Crippen LogP contribution in [0, 0.1) is 0 Å². The van der Waals surface area contributed by atoms with Crippen LogP contribution < -0.4 is 10.9 Å². The van der Waals surface area contributed by atoms with Gasteiger partial charge >= 0.3 is 6.18 Å². The molecule has 0 saturated carbocycles. The van der Waals surface area contributed by atoms with Crippen LogP contribution >= 0.6 is 0 Å². The minimum absolute atomic E-state index is 0.0364. The predicted octanol–water partition coefficient (Wildman–Crippen LogP) is 5.31. The first-order valence-corrected chi connectivity index (χ1v) is 10.5. The number of aromatic amines is 1. The molecule has 0 spiro atoms. The third-order valence-electron chi connectivity index (χ3n) is 6.33. The lowest BCUT2D eigenvalue weighted by Gasteiger charge is -2.45. The van der Waals surface area contributed by atoms with E-state index in [0.717, 1.165) is 0 Å². The van der Waals surface area contributed by atoms with Crippen LogP contribution in [-0.2, 0) is 0 Å². The zero-order valence-electron chi connectivity index (χ0n) is 17.9.